The lowest BCUT2D eigenvalue weighted by atomic mass is 10.2. The van der Waals surface area contributed by atoms with Crippen LogP contribution in [-0.2, 0) is 9.59 Å². The van der Waals surface area contributed by atoms with Gasteiger partial charge in [-0.3, -0.25) is 9.59 Å². The van der Waals surface area contributed by atoms with Crippen molar-refractivity contribution in [2.75, 3.05) is 20.1 Å². The molecule has 1 aliphatic carbocycles. The normalized spacial score (nSPS) is 31.1. The van der Waals surface area contributed by atoms with E-state index < -0.39 is 6.04 Å². The summed E-state index contributed by atoms with van der Waals surface area (Å²) in [4.78, 5) is 26.2. The Morgan fingerprint density at radius 2 is 2.16 bits per heavy atom. The van der Waals surface area contributed by atoms with Gasteiger partial charge in [0, 0.05) is 19.1 Å². The highest BCUT2D eigenvalue weighted by Gasteiger charge is 2.40. The number of carbonyl (C=O) groups is 2. The van der Waals surface area contributed by atoms with Crippen LogP contribution >= 0.6 is 0 Å². The molecule has 6 heteroatoms. The van der Waals surface area contributed by atoms with Crippen LogP contribution in [0, 0.1) is 5.92 Å². The van der Waals surface area contributed by atoms with Crippen molar-refractivity contribution in [3.63, 3.8) is 0 Å². The summed E-state index contributed by atoms with van der Waals surface area (Å²) in [6, 6.07) is -0.407. The molecule has 0 aromatic carbocycles. The summed E-state index contributed by atoms with van der Waals surface area (Å²) in [5, 5.41) is 5.92. The highest BCUT2D eigenvalue weighted by Crippen LogP contribution is 2.29. The van der Waals surface area contributed by atoms with E-state index in [4.69, 9.17) is 5.73 Å². The van der Waals surface area contributed by atoms with Crippen molar-refractivity contribution in [3.05, 3.63) is 0 Å². The second-order valence-electron chi connectivity index (χ2n) is 5.59. The Balaban J connectivity index is 1.95. The second-order valence-corrected chi connectivity index (χ2v) is 5.59. The van der Waals surface area contributed by atoms with Crippen LogP contribution in [0.2, 0.25) is 0 Å². The molecule has 4 N–H and O–H groups in total. The third kappa shape index (κ3) is 3.06. The average Bonchev–Trinajstić information content (AvgIpc) is 2.92. The third-order valence-electron chi connectivity index (χ3n) is 4.16. The van der Waals surface area contributed by atoms with Crippen LogP contribution in [-0.4, -0.2) is 55.0 Å². The van der Waals surface area contributed by atoms with Gasteiger partial charge >= 0.3 is 0 Å². The third-order valence-corrected chi connectivity index (χ3v) is 4.16. The Morgan fingerprint density at radius 1 is 1.47 bits per heavy atom. The second kappa shape index (κ2) is 5.88. The standard InChI is InChI=1S/C13H24N4O2/c1-8-6-9(8)16-12(18)11-4-3-5-17(11)13(19)10(7-14)15-2/h8-11,15H,3-7,14H2,1-2H3,(H,16,18)/t8-,9?,10?,11?/m1/s1. The lowest BCUT2D eigenvalue weighted by Crippen LogP contribution is -2.54. The molecular weight excluding hydrogens is 244 g/mol. The highest BCUT2D eigenvalue weighted by atomic mass is 16.2. The van der Waals surface area contributed by atoms with Crippen molar-refractivity contribution in [1.82, 2.24) is 15.5 Å². The van der Waals surface area contributed by atoms with Gasteiger partial charge in [0.05, 0.1) is 6.04 Å². The van der Waals surface area contributed by atoms with Gasteiger partial charge in [-0.15, -0.1) is 0 Å². The predicted molar refractivity (Wildman–Crippen MR) is 72.3 cm³/mol. The van der Waals surface area contributed by atoms with Crippen molar-refractivity contribution in [1.29, 1.82) is 0 Å². The first-order chi connectivity index (χ1) is 9.08. The number of carbonyl (C=O) groups excluding carboxylic acids is 2. The summed E-state index contributed by atoms with van der Waals surface area (Å²) in [7, 11) is 1.71. The van der Waals surface area contributed by atoms with Gasteiger partial charge in [-0.25, -0.2) is 0 Å². The van der Waals surface area contributed by atoms with E-state index in [2.05, 4.69) is 17.6 Å². The topological polar surface area (TPSA) is 87.5 Å². The molecule has 0 spiro atoms. The van der Waals surface area contributed by atoms with Gasteiger partial charge in [0.25, 0.3) is 0 Å². The molecule has 108 valence electrons. The fourth-order valence-electron chi connectivity index (χ4n) is 2.65. The first-order valence-electron chi connectivity index (χ1n) is 7.06. The number of nitrogens with one attached hydrogen (secondary N) is 2. The molecule has 3 unspecified atom stereocenters. The summed E-state index contributed by atoms with van der Waals surface area (Å²) < 4.78 is 0. The van der Waals surface area contributed by atoms with Gasteiger partial charge in [-0.1, -0.05) is 6.92 Å². The van der Waals surface area contributed by atoms with Gasteiger partial charge < -0.3 is 21.3 Å². The smallest absolute Gasteiger partial charge is 0.243 e. The van der Waals surface area contributed by atoms with E-state index in [1.165, 1.54) is 0 Å². The van der Waals surface area contributed by atoms with E-state index >= 15 is 0 Å². The molecule has 0 aromatic heterocycles. The number of rotatable bonds is 5. The molecule has 6 nitrogen and oxygen atoms in total. The van der Waals surface area contributed by atoms with Crippen molar-refractivity contribution in [3.8, 4) is 0 Å². The fourth-order valence-corrected chi connectivity index (χ4v) is 2.65. The van der Waals surface area contributed by atoms with E-state index in [1.54, 1.807) is 11.9 Å². The summed E-state index contributed by atoms with van der Waals surface area (Å²) in [5.41, 5.74) is 5.57. The van der Waals surface area contributed by atoms with Crippen molar-refractivity contribution in [2.24, 2.45) is 11.7 Å². The van der Waals surface area contributed by atoms with Crippen LogP contribution in [0.25, 0.3) is 0 Å². The Bertz CT molecular complexity index is 357. The number of likely N-dealkylation sites (N-methyl/N-ethyl adjacent to an activating group) is 1. The zero-order valence-electron chi connectivity index (χ0n) is 11.7. The van der Waals surface area contributed by atoms with E-state index in [0.29, 0.717) is 18.5 Å². The average molecular weight is 268 g/mol. The molecule has 1 saturated carbocycles. The number of amides is 2. The molecule has 2 rings (SSSR count). The SMILES string of the molecule is CNC(CN)C(=O)N1CCCC1C(=O)NC1C[C@H]1C. The fraction of sp³-hybridized carbons (Fsp3) is 0.846. The molecule has 2 fully saturated rings. The monoisotopic (exact) mass is 268 g/mol. The van der Waals surface area contributed by atoms with Gasteiger partial charge in [-0.2, -0.15) is 0 Å². The first kappa shape index (κ1) is 14.3. The largest absolute Gasteiger partial charge is 0.351 e. The Labute approximate surface area is 114 Å². The molecule has 2 amide bonds. The van der Waals surface area contributed by atoms with Crippen LogP contribution in [0.15, 0.2) is 0 Å². The molecule has 4 atom stereocenters. The predicted octanol–water partition coefficient (Wildman–Crippen LogP) is -0.951. The number of hydrogen-bond acceptors (Lipinski definition) is 4. The van der Waals surface area contributed by atoms with Crippen molar-refractivity contribution in [2.45, 2.75) is 44.3 Å². The summed E-state index contributed by atoms with van der Waals surface area (Å²) in [6.07, 6.45) is 2.68. The van der Waals surface area contributed by atoms with Crippen LogP contribution < -0.4 is 16.4 Å². The van der Waals surface area contributed by atoms with E-state index in [9.17, 15) is 9.59 Å². The number of likely N-dealkylation sites (tertiary alicyclic amines) is 1. The number of nitrogens with zero attached hydrogens (tertiary/aromatic N) is 1. The molecule has 0 aromatic rings. The zero-order chi connectivity index (χ0) is 14.0. The molecule has 2 aliphatic rings. The maximum atomic E-state index is 12.3. The maximum absolute atomic E-state index is 12.3. The number of hydrogen-bond donors (Lipinski definition) is 3. The Morgan fingerprint density at radius 3 is 2.68 bits per heavy atom. The van der Waals surface area contributed by atoms with Crippen LogP contribution in [0.3, 0.4) is 0 Å². The lowest BCUT2D eigenvalue weighted by molar-refractivity contribution is -0.139. The minimum atomic E-state index is -0.395. The van der Waals surface area contributed by atoms with Crippen LogP contribution in [0.4, 0.5) is 0 Å². The van der Waals surface area contributed by atoms with Gasteiger partial charge in [0.15, 0.2) is 0 Å². The molecule has 1 saturated heterocycles. The van der Waals surface area contributed by atoms with Gasteiger partial charge in [-0.05, 0) is 32.2 Å². The summed E-state index contributed by atoms with van der Waals surface area (Å²) in [6.45, 7) is 3.02. The van der Waals surface area contributed by atoms with Gasteiger partial charge in [0.1, 0.15) is 6.04 Å². The molecule has 0 radical (unpaired) electrons. The van der Waals surface area contributed by atoms with Crippen molar-refractivity contribution < 1.29 is 9.59 Å². The summed E-state index contributed by atoms with van der Waals surface area (Å²) in [5.74, 6) is 0.502. The van der Waals surface area contributed by atoms with Crippen LogP contribution in [0.1, 0.15) is 26.2 Å². The highest BCUT2D eigenvalue weighted by molar-refractivity contribution is 5.90. The van der Waals surface area contributed by atoms with E-state index in [1.807, 2.05) is 0 Å². The Hall–Kier alpha value is -1.14. The molecule has 1 heterocycles. The van der Waals surface area contributed by atoms with Crippen LogP contribution in [0.5, 0.6) is 0 Å². The minimum Gasteiger partial charge on any atom is -0.351 e. The van der Waals surface area contributed by atoms with Gasteiger partial charge in [0.2, 0.25) is 11.8 Å². The zero-order valence-corrected chi connectivity index (χ0v) is 11.7. The van der Waals surface area contributed by atoms with E-state index in [-0.39, 0.29) is 24.4 Å². The summed E-state index contributed by atoms with van der Waals surface area (Å²) >= 11 is 0. The quantitative estimate of drug-likeness (QED) is 0.600. The molecular formula is C13H24N4O2. The lowest BCUT2D eigenvalue weighted by Gasteiger charge is -2.27. The molecule has 1 aliphatic heterocycles. The Kier molecular flexibility index (Phi) is 4.42. The molecule has 19 heavy (non-hydrogen) atoms. The minimum absolute atomic E-state index is 0.00734. The van der Waals surface area contributed by atoms with Crippen molar-refractivity contribution >= 4 is 11.8 Å². The molecule has 0 bridgehead atoms. The number of nitrogens with two attached hydrogens (primary N) is 1. The first-order valence-corrected chi connectivity index (χ1v) is 7.06. The van der Waals surface area contributed by atoms with E-state index in [0.717, 1.165) is 19.3 Å². The maximum Gasteiger partial charge on any atom is 0.243 e.